The number of aryl methyl sites for hydroxylation is 2. The van der Waals surface area contributed by atoms with Crippen LogP contribution in [0.5, 0.6) is 5.88 Å². The number of aliphatic hydroxyl groups excluding tert-OH is 1. The number of ether oxygens (including phenoxy) is 1. The van der Waals surface area contributed by atoms with E-state index in [1.165, 1.54) is 22.0 Å². The van der Waals surface area contributed by atoms with Crippen LogP contribution in [0.25, 0.3) is 0 Å². The van der Waals surface area contributed by atoms with E-state index in [1.807, 2.05) is 0 Å². The lowest BCUT2D eigenvalue weighted by Crippen LogP contribution is -2.30. The number of amides is 2. The van der Waals surface area contributed by atoms with Crippen LogP contribution in [0.15, 0.2) is 21.5 Å². The number of nitrogens with zero attached hydrogens (tertiary/aromatic N) is 3. The van der Waals surface area contributed by atoms with Gasteiger partial charge in [-0.3, -0.25) is 0 Å². The molecule has 0 unspecified atom stereocenters. The largest absolute Gasteiger partial charge is 0.474 e. The lowest BCUT2D eigenvalue weighted by atomic mass is 9.99. The lowest BCUT2D eigenvalue weighted by molar-refractivity contribution is 0.0538. The van der Waals surface area contributed by atoms with Crippen molar-refractivity contribution in [2.45, 2.75) is 56.1 Å². The number of benzene rings is 1. The second-order valence-electron chi connectivity index (χ2n) is 7.79. The maximum absolute atomic E-state index is 13.0. The number of aromatic nitrogens is 2. The lowest BCUT2D eigenvalue weighted by Gasteiger charge is -2.20. The molecule has 0 saturated heterocycles. The van der Waals surface area contributed by atoms with Crippen molar-refractivity contribution in [1.29, 1.82) is 0 Å². The first kappa shape index (κ1) is 18.6. The van der Waals surface area contributed by atoms with Gasteiger partial charge in [-0.05, 0) is 60.8 Å². The van der Waals surface area contributed by atoms with E-state index < -0.39 is 22.1 Å². The summed E-state index contributed by atoms with van der Waals surface area (Å²) in [5.74, 6) is 0.181. The molecule has 4 N–H and O–H groups in total. The molecule has 10 heteroatoms. The van der Waals surface area contributed by atoms with Crippen molar-refractivity contribution < 1.29 is 18.8 Å². The van der Waals surface area contributed by atoms with Crippen molar-refractivity contribution >= 4 is 21.6 Å². The molecule has 0 radical (unpaired) electrons. The van der Waals surface area contributed by atoms with E-state index in [2.05, 4.69) is 20.8 Å². The van der Waals surface area contributed by atoms with Gasteiger partial charge in [0, 0.05) is 5.69 Å². The zero-order chi connectivity index (χ0) is 20.2. The molecule has 2 aliphatic carbocycles. The number of hydrogen-bond donors (Lipinski definition) is 3. The Morgan fingerprint density at radius 3 is 2.66 bits per heavy atom. The van der Waals surface area contributed by atoms with E-state index in [-0.39, 0.29) is 23.9 Å². The Hall–Kier alpha value is -2.43. The van der Waals surface area contributed by atoms with E-state index in [1.54, 1.807) is 0 Å². The number of hydrogen-bond acceptors (Lipinski definition) is 5. The van der Waals surface area contributed by atoms with Crippen LogP contribution in [0.3, 0.4) is 0 Å². The van der Waals surface area contributed by atoms with Crippen LogP contribution in [0.2, 0.25) is 0 Å². The van der Waals surface area contributed by atoms with Crippen LogP contribution >= 0.6 is 0 Å². The van der Waals surface area contributed by atoms with E-state index in [9.17, 15) is 14.1 Å². The highest BCUT2D eigenvalue weighted by molar-refractivity contribution is 7.91. The molecule has 0 saturated carbocycles. The molecule has 29 heavy (non-hydrogen) atoms. The Morgan fingerprint density at radius 2 is 1.97 bits per heavy atom. The zero-order valence-corrected chi connectivity index (χ0v) is 16.7. The van der Waals surface area contributed by atoms with Gasteiger partial charge in [0.05, 0.1) is 12.7 Å². The first-order valence-corrected chi connectivity index (χ1v) is 11.4. The molecule has 0 fully saturated rings. The molecule has 2 heterocycles. The number of rotatable bonds is 2. The monoisotopic (exact) mass is 417 g/mol. The molecule has 1 aliphatic heterocycles. The second-order valence-corrected chi connectivity index (χ2v) is 9.54. The number of anilines is 1. The Bertz CT molecular complexity index is 1100. The third kappa shape index (κ3) is 3.21. The highest BCUT2D eigenvalue weighted by atomic mass is 32.2. The van der Waals surface area contributed by atoms with Gasteiger partial charge >= 0.3 is 6.03 Å². The summed E-state index contributed by atoms with van der Waals surface area (Å²) in [4.78, 5) is 12.8. The number of carbonyl (C=O) groups is 1. The molecule has 1 aromatic carbocycles. The number of fused-ring (bicyclic) bond motifs is 3. The molecule has 154 valence electrons. The molecule has 1 aromatic heterocycles. The SMILES string of the molecule is N[S@@](=O)(=NC(=O)Nc1c2c(cc3c1CCC3)CCC2)c1cnn2c1OC[C@H](O)C2. The normalized spacial score (nSPS) is 21.5. The summed E-state index contributed by atoms with van der Waals surface area (Å²) in [5.41, 5.74) is 5.72. The van der Waals surface area contributed by atoms with Crippen molar-refractivity contribution in [2.75, 3.05) is 11.9 Å². The molecule has 2 amide bonds. The molecule has 9 nitrogen and oxygen atoms in total. The predicted molar refractivity (Wildman–Crippen MR) is 106 cm³/mol. The average Bonchev–Trinajstić information content (AvgIpc) is 3.39. The van der Waals surface area contributed by atoms with Gasteiger partial charge in [-0.1, -0.05) is 6.07 Å². The summed E-state index contributed by atoms with van der Waals surface area (Å²) in [6.45, 7) is 0.252. The number of carbonyl (C=O) groups excluding carboxylic acids is 1. The molecule has 0 spiro atoms. The maximum atomic E-state index is 13.0. The van der Waals surface area contributed by atoms with Gasteiger partial charge in [0.15, 0.2) is 9.92 Å². The summed E-state index contributed by atoms with van der Waals surface area (Å²) in [7, 11) is -3.55. The van der Waals surface area contributed by atoms with Crippen LogP contribution in [-0.2, 0) is 42.1 Å². The first-order chi connectivity index (χ1) is 13.9. The van der Waals surface area contributed by atoms with E-state index in [4.69, 9.17) is 9.88 Å². The quantitative estimate of drug-likeness (QED) is 0.682. The molecular formula is C19H23N5O4S. The summed E-state index contributed by atoms with van der Waals surface area (Å²) in [6.07, 6.45) is 6.59. The third-order valence-corrected chi connectivity index (χ3v) is 7.14. The van der Waals surface area contributed by atoms with Gasteiger partial charge in [0.25, 0.3) is 0 Å². The second kappa shape index (κ2) is 6.82. The Morgan fingerprint density at radius 1 is 1.28 bits per heavy atom. The summed E-state index contributed by atoms with van der Waals surface area (Å²) in [6, 6.07) is 1.54. The van der Waals surface area contributed by atoms with E-state index >= 15 is 0 Å². The highest BCUT2D eigenvalue weighted by Gasteiger charge is 2.28. The molecule has 3 aliphatic rings. The maximum Gasteiger partial charge on any atom is 0.354 e. The van der Waals surface area contributed by atoms with Gasteiger partial charge in [0.2, 0.25) is 5.88 Å². The van der Waals surface area contributed by atoms with E-state index in [0.29, 0.717) is 0 Å². The fourth-order valence-electron chi connectivity index (χ4n) is 4.53. The van der Waals surface area contributed by atoms with Crippen molar-refractivity contribution in [3.8, 4) is 5.88 Å². The Kier molecular flexibility index (Phi) is 4.37. The van der Waals surface area contributed by atoms with Gasteiger partial charge < -0.3 is 15.2 Å². The van der Waals surface area contributed by atoms with Gasteiger partial charge in [-0.15, -0.1) is 4.36 Å². The number of urea groups is 1. The van der Waals surface area contributed by atoms with Crippen LogP contribution < -0.4 is 15.2 Å². The number of nitrogens with one attached hydrogen (secondary N) is 1. The van der Waals surface area contributed by atoms with Crippen molar-refractivity contribution in [2.24, 2.45) is 9.50 Å². The fraction of sp³-hybridized carbons (Fsp3) is 0.474. The standard InChI is InChI=1S/C19H23N5O4S/c20-29(27,16-8-21-24-9-13(25)10-28-18(16)24)23-19(26)22-17-14-5-1-3-11(14)7-12-4-2-6-15(12)17/h7-8,13,25H,1-6,9-10H2,(H3,20,22,23,26,27)/t13-,29-/m1/s1. The average molecular weight is 417 g/mol. The topological polar surface area (TPSA) is 132 Å². The number of aliphatic hydroxyl groups is 1. The minimum Gasteiger partial charge on any atom is -0.474 e. The van der Waals surface area contributed by atoms with Crippen molar-refractivity contribution in [3.05, 3.63) is 34.5 Å². The summed E-state index contributed by atoms with van der Waals surface area (Å²) < 4.78 is 23.6. The van der Waals surface area contributed by atoms with Gasteiger partial charge in [0.1, 0.15) is 17.6 Å². The van der Waals surface area contributed by atoms with Crippen molar-refractivity contribution in [3.63, 3.8) is 0 Å². The molecule has 2 aromatic rings. The first-order valence-electron chi connectivity index (χ1n) is 9.81. The molecule has 0 bridgehead atoms. The van der Waals surface area contributed by atoms with E-state index in [0.717, 1.165) is 55.3 Å². The Labute approximate surface area is 168 Å². The summed E-state index contributed by atoms with van der Waals surface area (Å²) in [5, 5.41) is 22.5. The van der Waals surface area contributed by atoms with Crippen LogP contribution in [0.4, 0.5) is 10.5 Å². The van der Waals surface area contributed by atoms with Gasteiger partial charge in [-0.2, -0.15) is 5.10 Å². The van der Waals surface area contributed by atoms with Gasteiger partial charge in [-0.25, -0.2) is 18.8 Å². The smallest absolute Gasteiger partial charge is 0.354 e. The van der Waals surface area contributed by atoms with Crippen molar-refractivity contribution in [1.82, 2.24) is 9.78 Å². The highest BCUT2D eigenvalue weighted by Crippen LogP contribution is 2.38. The van der Waals surface area contributed by atoms with Crippen LogP contribution in [-0.4, -0.2) is 37.8 Å². The Balaban J connectivity index is 1.47. The fourth-order valence-corrected chi connectivity index (χ4v) is 5.53. The van der Waals surface area contributed by atoms with Crippen LogP contribution in [0.1, 0.15) is 35.1 Å². The third-order valence-electron chi connectivity index (χ3n) is 5.79. The van der Waals surface area contributed by atoms with Crippen LogP contribution in [0, 0.1) is 0 Å². The summed E-state index contributed by atoms with van der Waals surface area (Å²) >= 11 is 0. The molecule has 2 atom stereocenters. The minimum atomic E-state index is -3.55. The molecule has 5 rings (SSSR count). The minimum absolute atomic E-state index is 0.0443. The number of nitrogens with two attached hydrogens (primary N) is 1. The zero-order valence-electron chi connectivity index (χ0n) is 15.9. The molecular weight excluding hydrogens is 394 g/mol. The predicted octanol–water partition coefficient (Wildman–Crippen LogP) is 1.55.